The zero-order valence-corrected chi connectivity index (χ0v) is 20.8. The van der Waals surface area contributed by atoms with E-state index in [0.717, 1.165) is 42.8 Å². The average molecular weight is 504 g/mol. The Labute approximate surface area is 195 Å². The molecule has 1 aromatic heterocycles. The Morgan fingerprint density at radius 3 is 2.38 bits per heavy atom. The van der Waals surface area contributed by atoms with Gasteiger partial charge in [-0.3, -0.25) is 0 Å². The molecule has 0 radical (unpaired) electrons. The SMILES string of the molecule is COc1cc2c(=O)n(CCCC3CCN(Cc4ccccc4)CC3)[se]c2c(OC)c1OC. The van der Waals surface area contributed by atoms with Crippen LogP contribution < -0.4 is 19.8 Å². The third-order valence-corrected chi connectivity index (χ3v) is 8.80. The number of likely N-dealkylation sites (tertiary alicyclic amines) is 1. The molecular weight excluding hydrogens is 471 g/mol. The molecule has 0 amide bonds. The maximum atomic E-state index is 13.0. The summed E-state index contributed by atoms with van der Waals surface area (Å²) in [5.74, 6) is 2.48. The van der Waals surface area contributed by atoms with Crippen molar-refractivity contribution in [3.63, 3.8) is 0 Å². The van der Waals surface area contributed by atoms with Crippen LogP contribution in [0.4, 0.5) is 0 Å². The Hall–Kier alpha value is -2.21. The van der Waals surface area contributed by atoms with Gasteiger partial charge in [-0.25, -0.2) is 0 Å². The van der Waals surface area contributed by atoms with Gasteiger partial charge in [0.2, 0.25) is 0 Å². The number of benzene rings is 2. The number of fused-ring (bicyclic) bond motifs is 1. The van der Waals surface area contributed by atoms with Crippen LogP contribution in [0.15, 0.2) is 41.2 Å². The zero-order valence-electron chi connectivity index (χ0n) is 19.1. The molecule has 0 spiro atoms. The second-order valence-corrected chi connectivity index (χ2v) is 10.5. The first-order chi connectivity index (χ1) is 15.6. The van der Waals surface area contributed by atoms with Crippen molar-refractivity contribution in [3.05, 3.63) is 52.3 Å². The van der Waals surface area contributed by atoms with Crippen LogP contribution in [0.3, 0.4) is 0 Å². The third kappa shape index (κ3) is 4.90. The Morgan fingerprint density at radius 1 is 1.00 bits per heavy atom. The molecular formula is C25H32N2O4Se. The van der Waals surface area contributed by atoms with Crippen LogP contribution in [-0.4, -0.2) is 57.6 Å². The van der Waals surface area contributed by atoms with Gasteiger partial charge in [-0.2, -0.15) is 0 Å². The number of hydrogen-bond donors (Lipinski definition) is 0. The molecule has 172 valence electrons. The van der Waals surface area contributed by atoms with E-state index in [1.54, 1.807) is 27.4 Å². The molecule has 7 heteroatoms. The molecule has 1 aliphatic heterocycles. The zero-order chi connectivity index (χ0) is 22.5. The summed E-state index contributed by atoms with van der Waals surface area (Å²) in [6.07, 6.45) is 4.71. The Kier molecular flexibility index (Phi) is 7.61. The van der Waals surface area contributed by atoms with Crippen LogP contribution in [0.1, 0.15) is 31.2 Å². The van der Waals surface area contributed by atoms with Crippen LogP contribution in [0, 0.1) is 5.92 Å². The minimum absolute atomic E-state index is 0.0805. The van der Waals surface area contributed by atoms with Crippen molar-refractivity contribution in [2.24, 2.45) is 5.92 Å². The van der Waals surface area contributed by atoms with Gasteiger partial charge in [-0.15, -0.1) is 0 Å². The first-order valence-corrected chi connectivity index (χ1v) is 12.9. The fourth-order valence-electron chi connectivity index (χ4n) is 4.61. The number of piperidine rings is 1. The Bertz CT molecular complexity index is 1080. The van der Waals surface area contributed by atoms with Crippen molar-refractivity contribution in [2.45, 2.75) is 38.8 Å². The number of nitrogens with zero attached hydrogens (tertiary/aromatic N) is 2. The molecule has 6 nitrogen and oxygen atoms in total. The number of methoxy groups -OCH3 is 3. The summed E-state index contributed by atoms with van der Waals surface area (Å²) in [5, 5.41) is 0.689. The summed E-state index contributed by atoms with van der Waals surface area (Å²) in [6.45, 7) is 4.17. The van der Waals surface area contributed by atoms with Gasteiger partial charge in [-0.05, 0) is 0 Å². The molecule has 0 unspecified atom stereocenters. The molecule has 1 fully saturated rings. The number of aryl methyl sites for hydroxylation is 1. The number of ether oxygens (including phenoxy) is 3. The number of rotatable bonds is 9. The van der Waals surface area contributed by atoms with E-state index in [0.29, 0.717) is 22.6 Å². The van der Waals surface area contributed by atoms with Gasteiger partial charge in [0.15, 0.2) is 0 Å². The van der Waals surface area contributed by atoms with Crippen molar-refractivity contribution in [2.75, 3.05) is 34.4 Å². The summed E-state index contributed by atoms with van der Waals surface area (Å²) in [7, 11) is 4.79. The van der Waals surface area contributed by atoms with Crippen molar-refractivity contribution in [1.29, 1.82) is 0 Å². The first kappa shape index (κ1) is 23.0. The van der Waals surface area contributed by atoms with Crippen molar-refractivity contribution >= 4 is 24.4 Å². The van der Waals surface area contributed by atoms with Gasteiger partial charge >= 0.3 is 190 Å². The fraction of sp³-hybridized carbons (Fsp3) is 0.480. The monoisotopic (exact) mass is 504 g/mol. The first-order valence-electron chi connectivity index (χ1n) is 11.2. The molecule has 1 saturated heterocycles. The third-order valence-electron chi connectivity index (χ3n) is 6.37. The van der Waals surface area contributed by atoms with Gasteiger partial charge in [0, 0.05) is 0 Å². The Balaban J connectivity index is 1.35. The standard InChI is InChI=1S/C25H32N2O4Se/c1-29-21-16-20-24(23(31-3)22(21)30-2)32-27(25(20)28)13-7-10-18-11-14-26(15-12-18)17-19-8-5-4-6-9-19/h4-6,8-9,16,18H,7,10-15,17H2,1-3H3. The van der Waals surface area contributed by atoms with E-state index in [2.05, 4.69) is 35.2 Å². The summed E-state index contributed by atoms with van der Waals surface area (Å²) < 4.78 is 19.5. The van der Waals surface area contributed by atoms with Crippen LogP contribution in [0.2, 0.25) is 0 Å². The van der Waals surface area contributed by atoms with E-state index in [1.165, 1.54) is 24.8 Å². The van der Waals surface area contributed by atoms with Crippen LogP contribution in [0.5, 0.6) is 17.2 Å². The van der Waals surface area contributed by atoms with Crippen LogP contribution >= 0.6 is 0 Å². The number of hydrogen-bond acceptors (Lipinski definition) is 5. The molecule has 2 aromatic carbocycles. The second-order valence-electron chi connectivity index (χ2n) is 8.37. The van der Waals surface area contributed by atoms with Crippen molar-refractivity contribution in [1.82, 2.24) is 8.46 Å². The van der Waals surface area contributed by atoms with E-state index in [9.17, 15) is 4.79 Å². The minimum atomic E-state index is -0.101. The summed E-state index contributed by atoms with van der Waals surface area (Å²) in [5.41, 5.74) is 1.47. The predicted molar refractivity (Wildman–Crippen MR) is 128 cm³/mol. The topological polar surface area (TPSA) is 52.9 Å². The fourth-order valence-corrected chi connectivity index (χ4v) is 6.97. The van der Waals surface area contributed by atoms with E-state index in [1.807, 2.05) is 3.56 Å². The summed E-state index contributed by atoms with van der Waals surface area (Å²) >= 11 is -0.101. The molecule has 0 saturated carbocycles. The van der Waals surface area contributed by atoms with Crippen molar-refractivity contribution < 1.29 is 14.2 Å². The summed E-state index contributed by atoms with van der Waals surface area (Å²) in [6, 6.07) is 12.5. The molecule has 0 bridgehead atoms. The van der Waals surface area contributed by atoms with Gasteiger partial charge in [-0.1, -0.05) is 6.07 Å². The predicted octanol–water partition coefficient (Wildman–Crippen LogP) is 3.78. The molecule has 4 rings (SSSR count). The molecule has 0 aliphatic carbocycles. The quantitative estimate of drug-likeness (QED) is 0.416. The average Bonchev–Trinajstić information content (AvgIpc) is 3.14. The van der Waals surface area contributed by atoms with Crippen LogP contribution in [-0.2, 0) is 13.1 Å². The van der Waals surface area contributed by atoms with Crippen molar-refractivity contribution in [3.8, 4) is 17.2 Å². The summed E-state index contributed by atoms with van der Waals surface area (Å²) in [4.78, 5) is 15.6. The van der Waals surface area contributed by atoms with Gasteiger partial charge < -0.3 is 0 Å². The Morgan fingerprint density at radius 2 is 1.72 bits per heavy atom. The van der Waals surface area contributed by atoms with Crippen LogP contribution in [0.25, 0.3) is 9.65 Å². The molecule has 0 atom stereocenters. The molecule has 32 heavy (non-hydrogen) atoms. The molecule has 3 aromatic rings. The number of aromatic nitrogens is 1. The maximum absolute atomic E-state index is 13.0. The normalized spacial score (nSPS) is 15.2. The van der Waals surface area contributed by atoms with Gasteiger partial charge in [0.1, 0.15) is 0 Å². The van der Waals surface area contributed by atoms with E-state index in [4.69, 9.17) is 14.2 Å². The molecule has 1 aliphatic rings. The van der Waals surface area contributed by atoms with Gasteiger partial charge in [0.05, 0.1) is 0 Å². The molecule has 0 N–H and O–H groups in total. The van der Waals surface area contributed by atoms with Gasteiger partial charge in [0.25, 0.3) is 0 Å². The second kappa shape index (κ2) is 10.6. The van der Waals surface area contributed by atoms with E-state index >= 15 is 0 Å². The molecule has 2 heterocycles. The van der Waals surface area contributed by atoms with E-state index < -0.39 is 0 Å². The van der Waals surface area contributed by atoms with E-state index in [-0.39, 0.29) is 20.3 Å².